The third-order valence-corrected chi connectivity index (χ3v) is 5.18. The first-order chi connectivity index (χ1) is 14.9. The van der Waals surface area contributed by atoms with Crippen molar-refractivity contribution in [1.82, 2.24) is 0 Å². The molecular formula is C24H17Cl2NO4. The van der Waals surface area contributed by atoms with Gasteiger partial charge in [-0.05, 0) is 55.0 Å². The molecular weight excluding hydrogens is 437 g/mol. The van der Waals surface area contributed by atoms with Crippen molar-refractivity contribution in [2.75, 3.05) is 5.32 Å². The minimum Gasteiger partial charge on any atom is -0.479 e. The van der Waals surface area contributed by atoms with Crippen LogP contribution in [0.3, 0.4) is 0 Å². The van der Waals surface area contributed by atoms with Gasteiger partial charge in [-0.2, -0.15) is 0 Å². The topological polar surface area (TPSA) is 68.5 Å². The summed E-state index contributed by atoms with van der Waals surface area (Å²) in [5, 5.41) is 4.40. The highest BCUT2D eigenvalue weighted by atomic mass is 35.5. The Bertz CT molecular complexity index is 1330. The van der Waals surface area contributed by atoms with E-state index in [0.29, 0.717) is 38.2 Å². The van der Waals surface area contributed by atoms with E-state index in [-0.39, 0.29) is 5.91 Å². The molecule has 0 radical (unpaired) electrons. The molecule has 0 fully saturated rings. The minimum absolute atomic E-state index is 0.317. The highest BCUT2D eigenvalue weighted by molar-refractivity contribution is 6.35. The number of ether oxygens (including phenoxy) is 1. The molecule has 7 heteroatoms. The van der Waals surface area contributed by atoms with Crippen LogP contribution in [0.5, 0.6) is 5.75 Å². The average molecular weight is 454 g/mol. The lowest BCUT2D eigenvalue weighted by Gasteiger charge is -2.16. The van der Waals surface area contributed by atoms with Gasteiger partial charge in [-0.1, -0.05) is 53.5 Å². The van der Waals surface area contributed by atoms with Crippen molar-refractivity contribution >= 4 is 45.8 Å². The molecule has 0 aliphatic rings. The number of amides is 1. The maximum absolute atomic E-state index is 12.6. The van der Waals surface area contributed by atoms with Crippen LogP contribution in [0.4, 0.5) is 5.69 Å². The molecule has 0 aliphatic heterocycles. The van der Waals surface area contributed by atoms with Gasteiger partial charge in [-0.3, -0.25) is 4.79 Å². The van der Waals surface area contributed by atoms with Crippen LogP contribution >= 0.6 is 23.2 Å². The van der Waals surface area contributed by atoms with Gasteiger partial charge in [0.1, 0.15) is 11.3 Å². The average Bonchev–Trinajstić information content (AvgIpc) is 2.75. The first kappa shape index (κ1) is 21.0. The number of para-hydroxylation sites is 1. The fourth-order valence-electron chi connectivity index (χ4n) is 3.09. The quantitative estimate of drug-likeness (QED) is 0.366. The van der Waals surface area contributed by atoms with Crippen molar-refractivity contribution in [3.05, 3.63) is 93.3 Å². The number of benzene rings is 3. The van der Waals surface area contributed by atoms with E-state index in [4.69, 9.17) is 32.4 Å². The highest BCUT2D eigenvalue weighted by Gasteiger charge is 2.17. The molecule has 0 saturated carbocycles. The fraction of sp³-hybridized carbons (Fsp3) is 0.0833. The van der Waals surface area contributed by atoms with Gasteiger partial charge in [0.2, 0.25) is 0 Å². The molecule has 1 atom stereocenters. The first-order valence-corrected chi connectivity index (χ1v) is 10.2. The molecule has 0 saturated heterocycles. The molecule has 1 aromatic heterocycles. The van der Waals surface area contributed by atoms with Crippen molar-refractivity contribution < 1.29 is 13.9 Å². The van der Waals surface area contributed by atoms with Gasteiger partial charge in [0.25, 0.3) is 5.91 Å². The lowest BCUT2D eigenvalue weighted by molar-refractivity contribution is -0.122. The van der Waals surface area contributed by atoms with Gasteiger partial charge in [0.05, 0.1) is 10.6 Å². The van der Waals surface area contributed by atoms with Gasteiger partial charge in [-0.15, -0.1) is 0 Å². The predicted octanol–water partition coefficient (Wildman–Crippen LogP) is 6.17. The zero-order chi connectivity index (χ0) is 22.0. The molecule has 4 aromatic rings. The predicted molar refractivity (Wildman–Crippen MR) is 123 cm³/mol. The van der Waals surface area contributed by atoms with E-state index >= 15 is 0 Å². The van der Waals surface area contributed by atoms with Crippen LogP contribution in [-0.2, 0) is 4.79 Å². The highest BCUT2D eigenvalue weighted by Crippen LogP contribution is 2.29. The fourth-order valence-corrected chi connectivity index (χ4v) is 3.54. The molecule has 0 unspecified atom stereocenters. The monoisotopic (exact) mass is 453 g/mol. The second-order valence-corrected chi connectivity index (χ2v) is 7.73. The first-order valence-electron chi connectivity index (χ1n) is 9.46. The number of halogens is 2. The van der Waals surface area contributed by atoms with Crippen LogP contribution in [0.15, 0.2) is 82.0 Å². The number of fused-ring (bicyclic) bond motifs is 1. The van der Waals surface area contributed by atoms with Crippen LogP contribution in [0.25, 0.3) is 22.1 Å². The molecule has 1 N–H and O–H groups in total. The standard InChI is InChI=1S/C24H17Cl2NO4/c1-14(30-22-10-9-17(25)13-20(22)26)23(28)27-18-7-4-6-15(11-18)19-12-16-5-2-3-8-21(16)31-24(19)29/h2-14H,1H3,(H,27,28)/t14-/m1/s1. The van der Waals surface area contributed by atoms with Gasteiger partial charge < -0.3 is 14.5 Å². The second kappa shape index (κ2) is 8.84. The van der Waals surface area contributed by atoms with E-state index in [1.54, 1.807) is 61.5 Å². The van der Waals surface area contributed by atoms with Crippen molar-refractivity contribution in [1.29, 1.82) is 0 Å². The maximum atomic E-state index is 12.6. The Morgan fingerprint density at radius 1 is 1.00 bits per heavy atom. The summed E-state index contributed by atoms with van der Waals surface area (Å²) in [4.78, 5) is 25.0. The van der Waals surface area contributed by atoms with E-state index in [2.05, 4.69) is 5.32 Å². The number of hydrogen-bond acceptors (Lipinski definition) is 4. The number of carbonyl (C=O) groups is 1. The summed E-state index contributed by atoms with van der Waals surface area (Å²) in [5.74, 6) is -0.00930. The Hall–Kier alpha value is -3.28. The molecule has 0 spiro atoms. The van der Waals surface area contributed by atoms with Crippen molar-refractivity contribution in [3.8, 4) is 16.9 Å². The Balaban J connectivity index is 1.54. The zero-order valence-corrected chi connectivity index (χ0v) is 17.9. The largest absolute Gasteiger partial charge is 0.479 e. The Morgan fingerprint density at radius 3 is 2.61 bits per heavy atom. The summed E-state index contributed by atoms with van der Waals surface area (Å²) in [6.45, 7) is 1.61. The number of rotatable bonds is 5. The molecule has 0 bridgehead atoms. The summed E-state index contributed by atoms with van der Waals surface area (Å²) in [5.41, 5.74) is 1.63. The molecule has 1 heterocycles. The van der Waals surface area contributed by atoms with Crippen LogP contribution < -0.4 is 15.7 Å². The summed E-state index contributed by atoms with van der Waals surface area (Å²) >= 11 is 12.0. The van der Waals surface area contributed by atoms with Gasteiger partial charge >= 0.3 is 5.63 Å². The van der Waals surface area contributed by atoms with E-state index < -0.39 is 11.7 Å². The van der Waals surface area contributed by atoms with Crippen molar-refractivity contribution in [3.63, 3.8) is 0 Å². The van der Waals surface area contributed by atoms with Crippen LogP contribution in [0, 0.1) is 0 Å². The van der Waals surface area contributed by atoms with Gasteiger partial charge in [0.15, 0.2) is 6.10 Å². The van der Waals surface area contributed by atoms with Crippen LogP contribution in [-0.4, -0.2) is 12.0 Å². The Labute approximate surface area is 188 Å². The Morgan fingerprint density at radius 2 is 1.81 bits per heavy atom. The van der Waals surface area contributed by atoms with E-state index in [1.165, 1.54) is 0 Å². The van der Waals surface area contributed by atoms with E-state index in [1.807, 2.05) is 18.2 Å². The second-order valence-electron chi connectivity index (χ2n) is 6.89. The molecule has 5 nitrogen and oxygen atoms in total. The lowest BCUT2D eigenvalue weighted by atomic mass is 10.1. The Kier molecular flexibility index (Phi) is 5.98. The van der Waals surface area contributed by atoms with Crippen LogP contribution in [0.2, 0.25) is 10.0 Å². The van der Waals surface area contributed by atoms with Gasteiger partial charge in [0, 0.05) is 16.1 Å². The zero-order valence-electron chi connectivity index (χ0n) is 16.4. The summed E-state index contributed by atoms with van der Waals surface area (Å²) in [6, 6.07) is 20.8. The molecule has 4 rings (SSSR count). The molecule has 156 valence electrons. The van der Waals surface area contributed by atoms with Crippen LogP contribution in [0.1, 0.15) is 6.92 Å². The molecule has 0 aliphatic carbocycles. The number of anilines is 1. The molecule has 1 amide bonds. The molecule has 31 heavy (non-hydrogen) atoms. The maximum Gasteiger partial charge on any atom is 0.344 e. The SMILES string of the molecule is C[C@@H](Oc1ccc(Cl)cc1Cl)C(=O)Nc1cccc(-c2cc3ccccc3oc2=O)c1. The van der Waals surface area contributed by atoms with E-state index in [9.17, 15) is 9.59 Å². The molecule has 3 aromatic carbocycles. The third kappa shape index (κ3) is 4.74. The van der Waals surface area contributed by atoms with Crippen molar-refractivity contribution in [2.24, 2.45) is 0 Å². The van der Waals surface area contributed by atoms with Gasteiger partial charge in [-0.25, -0.2) is 4.79 Å². The summed E-state index contributed by atoms with van der Waals surface area (Å²) in [6.07, 6.45) is -0.812. The number of hydrogen-bond donors (Lipinski definition) is 1. The number of carbonyl (C=O) groups excluding carboxylic acids is 1. The smallest absolute Gasteiger partial charge is 0.344 e. The minimum atomic E-state index is -0.812. The number of nitrogens with one attached hydrogen (secondary N) is 1. The lowest BCUT2D eigenvalue weighted by Crippen LogP contribution is -2.30. The third-order valence-electron chi connectivity index (χ3n) is 4.65. The summed E-state index contributed by atoms with van der Waals surface area (Å²) in [7, 11) is 0. The van der Waals surface area contributed by atoms with Crippen molar-refractivity contribution in [2.45, 2.75) is 13.0 Å². The van der Waals surface area contributed by atoms with E-state index in [0.717, 1.165) is 5.39 Å². The normalized spacial score (nSPS) is 11.8. The summed E-state index contributed by atoms with van der Waals surface area (Å²) < 4.78 is 11.1.